The van der Waals surface area contributed by atoms with Gasteiger partial charge in [0, 0.05) is 45.0 Å². The Morgan fingerprint density at radius 2 is 0.767 bits per heavy atom. The van der Waals surface area contributed by atoms with E-state index in [0.717, 1.165) is 66.7 Å². The molecule has 2 aliphatic rings. The molecule has 5 nitrogen and oxygen atoms in total. The first-order chi connectivity index (χ1) is 29.8. The number of hydrogen-bond donors (Lipinski definition) is 0. The Balaban J connectivity index is 1.13. The maximum atomic E-state index is 7.44. The molecule has 2 aromatic heterocycles. The first kappa shape index (κ1) is 34.1. The number of para-hydroxylation sites is 3. The molecule has 1 aliphatic heterocycles. The predicted octanol–water partition coefficient (Wildman–Crippen LogP) is 13.2. The maximum Gasteiger partial charge on any atom is 0.167 e. The number of nitrogens with zero attached hydrogens (tertiary/aromatic N) is 4. The minimum atomic E-state index is -0.703. The lowest BCUT2D eigenvalue weighted by Gasteiger charge is -2.40. The van der Waals surface area contributed by atoms with E-state index in [1.807, 2.05) is 48.7 Å². The molecule has 1 aliphatic carbocycles. The first-order valence-corrected chi connectivity index (χ1v) is 20.2. The zero-order valence-electron chi connectivity index (χ0n) is 32.3. The topological polar surface area (TPSA) is 60.8 Å². The largest absolute Gasteiger partial charge is 0.455 e. The summed E-state index contributed by atoms with van der Waals surface area (Å²) in [6, 6.07) is 70.0. The minimum absolute atomic E-state index is 0.533. The van der Waals surface area contributed by atoms with Crippen LogP contribution in [0, 0.1) is 0 Å². The summed E-state index contributed by atoms with van der Waals surface area (Å²) in [5, 5.41) is 1.07. The summed E-state index contributed by atoms with van der Waals surface area (Å²) in [7, 11) is 0. The van der Waals surface area contributed by atoms with Crippen molar-refractivity contribution in [1.29, 1.82) is 0 Å². The summed E-state index contributed by atoms with van der Waals surface area (Å²) in [5.74, 6) is 3.21. The molecule has 60 heavy (non-hydrogen) atoms. The van der Waals surface area contributed by atoms with Crippen LogP contribution in [0.5, 0.6) is 11.5 Å². The molecular weight excluding hydrogens is 733 g/mol. The van der Waals surface area contributed by atoms with Crippen molar-refractivity contribution in [3.63, 3.8) is 0 Å². The van der Waals surface area contributed by atoms with E-state index in [-0.39, 0.29) is 0 Å². The molecule has 0 bridgehead atoms. The third kappa shape index (κ3) is 5.12. The van der Waals surface area contributed by atoms with Gasteiger partial charge in [-0.2, -0.15) is 0 Å². The Bertz CT molecular complexity index is 3240. The van der Waals surface area contributed by atoms with Gasteiger partial charge in [-0.1, -0.05) is 188 Å². The van der Waals surface area contributed by atoms with Crippen LogP contribution in [0.2, 0.25) is 0 Å². The lowest BCUT2D eigenvalue weighted by Crippen LogP contribution is -2.32. The van der Waals surface area contributed by atoms with Gasteiger partial charge in [-0.15, -0.1) is 0 Å². The highest BCUT2D eigenvalue weighted by Gasteiger charge is 2.52. The van der Waals surface area contributed by atoms with Gasteiger partial charge >= 0.3 is 0 Å². The van der Waals surface area contributed by atoms with Crippen molar-refractivity contribution in [3.8, 4) is 79.0 Å². The average molecular weight is 767 g/mol. The summed E-state index contributed by atoms with van der Waals surface area (Å²) < 4.78 is 7.44. The van der Waals surface area contributed by atoms with Gasteiger partial charge < -0.3 is 4.74 Å². The van der Waals surface area contributed by atoms with Crippen LogP contribution in [0.15, 0.2) is 206 Å². The van der Waals surface area contributed by atoms with E-state index in [2.05, 4.69) is 158 Å². The van der Waals surface area contributed by atoms with Gasteiger partial charge in [0.25, 0.3) is 0 Å². The molecule has 0 amide bonds. The molecule has 5 heteroatoms. The molecule has 0 atom stereocenters. The standard InChI is InChI=1S/C55H34N4O/c1-3-15-35(16-4-1)36-30-32-39(33-31-36)53-57-52(38-17-5-2-6-18-38)58-54(59-53)44-25-13-29-48-51(44)60-50-43(42-23-11-19-37-20-14-34-56-49(37)42)24-12-28-47(50)55(48)45-26-9-7-21-40(45)41-22-8-10-27-46(41)55/h1-34H. The normalized spacial score (nSPS) is 12.9. The van der Waals surface area contributed by atoms with E-state index in [1.165, 1.54) is 22.3 Å². The van der Waals surface area contributed by atoms with Crippen LogP contribution >= 0.6 is 0 Å². The van der Waals surface area contributed by atoms with E-state index >= 15 is 0 Å². The van der Waals surface area contributed by atoms with Gasteiger partial charge in [0.05, 0.1) is 16.5 Å². The molecule has 12 rings (SSSR count). The van der Waals surface area contributed by atoms with Crippen molar-refractivity contribution in [2.24, 2.45) is 0 Å². The van der Waals surface area contributed by atoms with Gasteiger partial charge in [0.2, 0.25) is 0 Å². The number of fused-ring (bicyclic) bond motifs is 10. The van der Waals surface area contributed by atoms with E-state index in [1.54, 1.807) is 0 Å². The van der Waals surface area contributed by atoms with E-state index in [9.17, 15) is 0 Å². The van der Waals surface area contributed by atoms with E-state index in [0.29, 0.717) is 23.2 Å². The SMILES string of the molecule is c1ccc(-c2ccc(-c3nc(-c4ccccc4)nc(-c4cccc5c4Oc4c(-c6cccc7cccnc67)cccc4C54c5ccccc5-c5ccccc54)n3)cc2)cc1. The quantitative estimate of drug-likeness (QED) is 0.175. The highest BCUT2D eigenvalue weighted by molar-refractivity contribution is 5.98. The Kier molecular flexibility index (Phi) is 7.69. The summed E-state index contributed by atoms with van der Waals surface area (Å²) >= 11 is 0. The van der Waals surface area contributed by atoms with Crippen LogP contribution in [0.1, 0.15) is 22.3 Å². The number of aromatic nitrogens is 4. The molecule has 0 N–H and O–H groups in total. The summed E-state index contributed by atoms with van der Waals surface area (Å²) in [6.07, 6.45) is 1.86. The van der Waals surface area contributed by atoms with Crippen molar-refractivity contribution in [2.75, 3.05) is 0 Å². The van der Waals surface area contributed by atoms with Crippen LogP contribution in [-0.4, -0.2) is 19.9 Å². The molecule has 0 saturated carbocycles. The van der Waals surface area contributed by atoms with Crippen molar-refractivity contribution in [3.05, 3.63) is 229 Å². The van der Waals surface area contributed by atoms with Crippen molar-refractivity contribution in [2.45, 2.75) is 5.41 Å². The molecule has 1 spiro atoms. The van der Waals surface area contributed by atoms with Crippen molar-refractivity contribution in [1.82, 2.24) is 19.9 Å². The second-order valence-corrected chi connectivity index (χ2v) is 15.3. The van der Waals surface area contributed by atoms with Crippen LogP contribution in [0.3, 0.4) is 0 Å². The smallest absolute Gasteiger partial charge is 0.167 e. The summed E-state index contributed by atoms with van der Waals surface area (Å²) in [6.45, 7) is 0. The van der Waals surface area contributed by atoms with Gasteiger partial charge in [0.15, 0.2) is 17.5 Å². The van der Waals surface area contributed by atoms with Gasteiger partial charge in [-0.25, -0.2) is 15.0 Å². The molecule has 0 fully saturated rings. The number of benzene rings is 8. The third-order valence-electron chi connectivity index (χ3n) is 12.1. The highest BCUT2D eigenvalue weighted by atomic mass is 16.5. The molecule has 8 aromatic carbocycles. The van der Waals surface area contributed by atoms with Crippen molar-refractivity contribution < 1.29 is 4.74 Å². The van der Waals surface area contributed by atoms with E-state index in [4.69, 9.17) is 24.7 Å². The molecule has 3 heterocycles. The predicted molar refractivity (Wildman–Crippen MR) is 240 cm³/mol. The van der Waals surface area contributed by atoms with Gasteiger partial charge in [-0.3, -0.25) is 4.98 Å². The lowest BCUT2D eigenvalue weighted by atomic mass is 9.65. The monoisotopic (exact) mass is 766 g/mol. The molecule has 0 unspecified atom stereocenters. The molecular formula is C55H34N4O. The highest BCUT2D eigenvalue weighted by Crippen LogP contribution is 2.64. The van der Waals surface area contributed by atoms with Crippen molar-refractivity contribution >= 4 is 10.9 Å². The zero-order chi connectivity index (χ0) is 39.6. The fraction of sp³-hybridized carbons (Fsp3) is 0.0182. The van der Waals surface area contributed by atoms with Crippen LogP contribution in [0.4, 0.5) is 0 Å². The van der Waals surface area contributed by atoms with Crippen LogP contribution in [0.25, 0.3) is 78.4 Å². The van der Waals surface area contributed by atoms with Crippen LogP contribution in [-0.2, 0) is 5.41 Å². The first-order valence-electron chi connectivity index (χ1n) is 20.2. The molecule has 0 saturated heterocycles. The zero-order valence-corrected chi connectivity index (χ0v) is 32.3. The van der Waals surface area contributed by atoms with Crippen LogP contribution < -0.4 is 4.74 Å². The Hall–Kier alpha value is -8.02. The minimum Gasteiger partial charge on any atom is -0.455 e. The second kappa shape index (κ2) is 13.5. The number of pyridine rings is 1. The molecule has 10 aromatic rings. The number of hydrogen-bond acceptors (Lipinski definition) is 5. The Labute approximate surface area is 347 Å². The van der Waals surface area contributed by atoms with E-state index < -0.39 is 5.41 Å². The molecule has 0 radical (unpaired) electrons. The average Bonchev–Trinajstić information content (AvgIpc) is 3.62. The summed E-state index contributed by atoms with van der Waals surface area (Å²) in [4.78, 5) is 20.5. The Morgan fingerprint density at radius 1 is 0.317 bits per heavy atom. The molecule has 280 valence electrons. The fourth-order valence-corrected chi connectivity index (χ4v) is 9.44. The number of ether oxygens (including phenoxy) is 1. The van der Waals surface area contributed by atoms with Gasteiger partial charge in [-0.05, 0) is 45.5 Å². The fourth-order valence-electron chi connectivity index (χ4n) is 9.44. The maximum absolute atomic E-state index is 7.44. The van der Waals surface area contributed by atoms with Gasteiger partial charge in [0.1, 0.15) is 11.5 Å². The Morgan fingerprint density at radius 3 is 1.45 bits per heavy atom. The summed E-state index contributed by atoms with van der Waals surface area (Å²) in [5.41, 5.74) is 14.0. The lowest BCUT2D eigenvalue weighted by molar-refractivity contribution is 0.439. The second-order valence-electron chi connectivity index (χ2n) is 15.3. The number of rotatable bonds is 5. The third-order valence-corrected chi connectivity index (χ3v) is 12.1.